The number of hydrogen-bond acceptors (Lipinski definition) is 4. The maximum atomic E-state index is 12.5. The van der Waals surface area contributed by atoms with Gasteiger partial charge in [0, 0.05) is 31.7 Å². The fraction of sp³-hybridized carbons (Fsp3) is 0.667. The Bertz CT molecular complexity index is 564. The quantitative estimate of drug-likeness (QED) is 0.898. The lowest BCUT2D eigenvalue weighted by Gasteiger charge is -2.37. The fourth-order valence-corrected chi connectivity index (χ4v) is 3.29. The zero-order chi connectivity index (χ0) is 15.7. The van der Waals surface area contributed by atoms with Gasteiger partial charge >= 0.3 is 6.03 Å². The highest BCUT2D eigenvalue weighted by molar-refractivity contribution is 5.80. The van der Waals surface area contributed by atoms with Crippen molar-refractivity contribution in [3.05, 3.63) is 17.0 Å². The maximum absolute atomic E-state index is 12.5. The molecular weight excluding hydrogens is 284 g/mol. The molecule has 7 nitrogen and oxygen atoms in total. The number of hydrogen-bond donors (Lipinski definition) is 1. The molecule has 0 spiro atoms. The Balaban J connectivity index is 1.64. The summed E-state index contributed by atoms with van der Waals surface area (Å²) in [5.74, 6) is 0.789. The van der Waals surface area contributed by atoms with Gasteiger partial charge in [-0.3, -0.25) is 4.79 Å². The third-order valence-electron chi connectivity index (χ3n) is 4.59. The fourth-order valence-electron chi connectivity index (χ4n) is 3.29. The number of nitrogens with one attached hydrogen (secondary N) is 1. The molecule has 2 saturated heterocycles. The number of urea groups is 1. The van der Waals surface area contributed by atoms with E-state index < -0.39 is 0 Å². The number of piperidine rings is 1. The average Bonchev–Trinajstić information content (AvgIpc) is 3.08. The van der Waals surface area contributed by atoms with Crippen molar-refractivity contribution in [1.82, 2.24) is 20.3 Å². The highest BCUT2D eigenvalue weighted by atomic mass is 16.5. The van der Waals surface area contributed by atoms with Crippen molar-refractivity contribution in [2.75, 3.05) is 26.2 Å². The average molecular weight is 306 g/mol. The third-order valence-corrected chi connectivity index (χ3v) is 4.59. The Morgan fingerprint density at radius 2 is 2.23 bits per heavy atom. The van der Waals surface area contributed by atoms with Gasteiger partial charge in [0.15, 0.2) is 0 Å². The van der Waals surface area contributed by atoms with Gasteiger partial charge in [-0.1, -0.05) is 5.16 Å². The van der Waals surface area contributed by atoms with Crippen LogP contribution in [-0.2, 0) is 11.2 Å². The Morgan fingerprint density at radius 1 is 1.41 bits per heavy atom. The van der Waals surface area contributed by atoms with E-state index in [1.54, 1.807) is 0 Å². The summed E-state index contributed by atoms with van der Waals surface area (Å²) in [5, 5.41) is 6.72. The highest BCUT2D eigenvalue weighted by Crippen LogP contribution is 2.20. The molecule has 3 amide bonds. The third kappa shape index (κ3) is 2.80. The Labute approximate surface area is 129 Å². The van der Waals surface area contributed by atoms with Gasteiger partial charge in [-0.25, -0.2) is 4.79 Å². The van der Waals surface area contributed by atoms with Crippen LogP contribution in [-0.4, -0.2) is 59.1 Å². The standard InChI is InChI=1S/C15H22N4O3/c1-10-13(11(2)22-17-10)8-14(20)18-6-3-4-12(9-18)19-7-5-16-15(19)21/h12H,3-9H2,1-2H3,(H,16,21). The van der Waals surface area contributed by atoms with Gasteiger partial charge in [0.2, 0.25) is 5.91 Å². The van der Waals surface area contributed by atoms with Crippen molar-refractivity contribution < 1.29 is 14.1 Å². The summed E-state index contributed by atoms with van der Waals surface area (Å²) in [4.78, 5) is 28.1. The molecule has 3 rings (SSSR count). The van der Waals surface area contributed by atoms with Crippen LogP contribution in [0.25, 0.3) is 0 Å². The molecule has 1 aromatic heterocycles. The van der Waals surface area contributed by atoms with Crippen LogP contribution in [0.3, 0.4) is 0 Å². The normalized spacial score (nSPS) is 22.1. The van der Waals surface area contributed by atoms with Crippen molar-refractivity contribution in [1.29, 1.82) is 0 Å². The predicted molar refractivity (Wildman–Crippen MR) is 79.4 cm³/mol. The van der Waals surface area contributed by atoms with Crippen LogP contribution in [0.15, 0.2) is 4.52 Å². The number of nitrogens with zero attached hydrogens (tertiary/aromatic N) is 3. The first kappa shape index (κ1) is 14.9. The lowest BCUT2D eigenvalue weighted by atomic mass is 10.0. The predicted octanol–water partition coefficient (Wildman–Crippen LogP) is 0.850. The Kier molecular flexibility index (Phi) is 4.04. The van der Waals surface area contributed by atoms with Crippen LogP contribution in [0.5, 0.6) is 0 Å². The van der Waals surface area contributed by atoms with Gasteiger partial charge in [-0.2, -0.15) is 0 Å². The first-order valence-corrected chi connectivity index (χ1v) is 7.80. The van der Waals surface area contributed by atoms with Crippen molar-refractivity contribution in [3.8, 4) is 0 Å². The molecule has 120 valence electrons. The van der Waals surface area contributed by atoms with E-state index in [4.69, 9.17) is 4.52 Å². The van der Waals surface area contributed by atoms with Gasteiger partial charge in [0.05, 0.1) is 18.2 Å². The Morgan fingerprint density at radius 3 is 2.86 bits per heavy atom. The summed E-state index contributed by atoms with van der Waals surface area (Å²) in [6, 6.07) is 0.120. The second kappa shape index (κ2) is 5.98. The molecule has 0 aliphatic carbocycles. The molecule has 0 saturated carbocycles. The largest absolute Gasteiger partial charge is 0.361 e. The molecule has 0 aromatic carbocycles. The van der Waals surface area contributed by atoms with Crippen LogP contribution in [0.4, 0.5) is 4.79 Å². The summed E-state index contributed by atoms with van der Waals surface area (Å²) in [7, 11) is 0. The number of amides is 3. The summed E-state index contributed by atoms with van der Waals surface area (Å²) in [5.41, 5.74) is 1.66. The lowest BCUT2D eigenvalue weighted by Crippen LogP contribution is -2.51. The summed E-state index contributed by atoms with van der Waals surface area (Å²) >= 11 is 0. The zero-order valence-corrected chi connectivity index (χ0v) is 13.1. The number of likely N-dealkylation sites (tertiary alicyclic amines) is 1. The van der Waals surface area contributed by atoms with Crippen molar-refractivity contribution in [2.45, 2.75) is 39.2 Å². The van der Waals surface area contributed by atoms with Gasteiger partial charge in [-0.15, -0.1) is 0 Å². The molecule has 1 aromatic rings. The molecule has 7 heteroatoms. The molecule has 0 radical (unpaired) electrons. The Hall–Kier alpha value is -2.05. The van der Waals surface area contributed by atoms with E-state index in [9.17, 15) is 9.59 Å². The van der Waals surface area contributed by atoms with Gasteiger partial charge in [0.25, 0.3) is 0 Å². The number of aryl methyl sites for hydroxylation is 2. The zero-order valence-electron chi connectivity index (χ0n) is 13.1. The van der Waals surface area contributed by atoms with Crippen LogP contribution in [0, 0.1) is 13.8 Å². The number of aromatic nitrogens is 1. The molecule has 0 bridgehead atoms. The molecule has 2 aliphatic rings. The van der Waals surface area contributed by atoms with Gasteiger partial charge in [-0.05, 0) is 26.7 Å². The molecule has 2 fully saturated rings. The first-order chi connectivity index (χ1) is 10.6. The lowest BCUT2D eigenvalue weighted by molar-refractivity contribution is -0.132. The van der Waals surface area contributed by atoms with Crippen molar-refractivity contribution in [3.63, 3.8) is 0 Å². The minimum Gasteiger partial charge on any atom is -0.361 e. The van der Waals surface area contributed by atoms with E-state index in [1.807, 2.05) is 23.6 Å². The molecule has 22 heavy (non-hydrogen) atoms. The van der Waals surface area contributed by atoms with Crippen LogP contribution in [0.1, 0.15) is 29.9 Å². The van der Waals surface area contributed by atoms with E-state index in [1.165, 1.54) is 0 Å². The number of rotatable bonds is 3. The summed E-state index contributed by atoms with van der Waals surface area (Å²) in [6.07, 6.45) is 2.21. The number of carbonyl (C=O) groups excluding carboxylic acids is 2. The van der Waals surface area contributed by atoms with Crippen LogP contribution < -0.4 is 5.32 Å². The smallest absolute Gasteiger partial charge is 0.317 e. The first-order valence-electron chi connectivity index (χ1n) is 7.80. The van der Waals surface area contributed by atoms with Crippen LogP contribution in [0.2, 0.25) is 0 Å². The topological polar surface area (TPSA) is 78.7 Å². The van der Waals surface area contributed by atoms with E-state index in [2.05, 4.69) is 10.5 Å². The minimum atomic E-state index is -0.00924. The van der Waals surface area contributed by atoms with Gasteiger partial charge in [0.1, 0.15) is 5.76 Å². The van der Waals surface area contributed by atoms with Gasteiger partial charge < -0.3 is 19.6 Å². The second-order valence-electron chi connectivity index (χ2n) is 6.04. The van der Waals surface area contributed by atoms with Crippen LogP contribution >= 0.6 is 0 Å². The minimum absolute atomic E-state index is 0.00924. The SMILES string of the molecule is Cc1noc(C)c1CC(=O)N1CCCC(N2CCNC2=O)C1. The van der Waals surface area contributed by atoms with E-state index in [0.29, 0.717) is 25.3 Å². The molecule has 2 aliphatic heterocycles. The molecule has 1 atom stereocenters. The molecule has 3 heterocycles. The van der Waals surface area contributed by atoms with E-state index >= 15 is 0 Å². The highest BCUT2D eigenvalue weighted by Gasteiger charge is 2.33. The monoisotopic (exact) mass is 306 g/mol. The maximum Gasteiger partial charge on any atom is 0.317 e. The van der Waals surface area contributed by atoms with E-state index in [0.717, 1.165) is 37.2 Å². The second-order valence-corrected chi connectivity index (χ2v) is 6.04. The molecular formula is C15H22N4O3. The molecule has 1 unspecified atom stereocenters. The van der Waals surface area contributed by atoms with Crippen molar-refractivity contribution >= 4 is 11.9 Å². The summed E-state index contributed by atoms with van der Waals surface area (Å²) < 4.78 is 5.12. The van der Waals surface area contributed by atoms with Crippen molar-refractivity contribution in [2.24, 2.45) is 0 Å². The summed E-state index contributed by atoms with van der Waals surface area (Å²) in [6.45, 7) is 6.49. The number of carbonyl (C=O) groups is 2. The van der Waals surface area contributed by atoms with E-state index in [-0.39, 0.29) is 18.0 Å². The molecule has 1 N–H and O–H groups in total.